The van der Waals surface area contributed by atoms with Gasteiger partial charge in [-0.05, 0) is 12.8 Å². The second-order valence-corrected chi connectivity index (χ2v) is 5.57. The van der Waals surface area contributed by atoms with E-state index in [2.05, 4.69) is 0 Å². The van der Waals surface area contributed by atoms with E-state index in [0.29, 0.717) is 12.8 Å². The van der Waals surface area contributed by atoms with Crippen molar-refractivity contribution in [3.63, 3.8) is 0 Å². The molecule has 1 fully saturated rings. The van der Waals surface area contributed by atoms with Gasteiger partial charge in [0.2, 0.25) is 0 Å². The molecular formula is C13H22O6. The number of hydrogen-bond acceptors (Lipinski definition) is 5. The van der Waals surface area contributed by atoms with Crippen molar-refractivity contribution >= 4 is 11.9 Å². The normalized spacial score (nSPS) is 23.9. The Labute approximate surface area is 112 Å². The molecule has 1 saturated carbocycles. The topological polar surface area (TPSA) is 104 Å². The van der Waals surface area contributed by atoms with Crippen LogP contribution in [0.25, 0.3) is 0 Å². The Kier molecular flexibility index (Phi) is 5.75. The Morgan fingerprint density at radius 2 is 1.68 bits per heavy atom. The highest BCUT2D eigenvalue weighted by atomic mass is 16.5. The SMILES string of the molecule is CC(CO)(CO)COC(=O)C1CCCCC1C(=O)O. The van der Waals surface area contributed by atoms with E-state index < -0.39 is 29.2 Å². The van der Waals surface area contributed by atoms with Crippen LogP contribution in [-0.4, -0.2) is 47.1 Å². The van der Waals surface area contributed by atoms with Crippen molar-refractivity contribution < 1.29 is 29.6 Å². The molecule has 0 aromatic rings. The zero-order valence-electron chi connectivity index (χ0n) is 11.2. The van der Waals surface area contributed by atoms with Crippen LogP contribution < -0.4 is 0 Å². The first-order chi connectivity index (χ1) is 8.93. The summed E-state index contributed by atoms with van der Waals surface area (Å²) in [6.45, 7) is 0.880. The predicted octanol–water partition coefficient (Wildman–Crippen LogP) is 0.411. The second-order valence-electron chi connectivity index (χ2n) is 5.57. The zero-order valence-corrected chi connectivity index (χ0v) is 11.2. The van der Waals surface area contributed by atoms with E-state index >= 15 is 0 Å². The van der Waals surface area contributed by atoms with Crippen LogP contribution in [0.5, 0.6) is 0 Å². The van der Waals surface area contributed by atoms with Crippen LogP contribution >= 0.6 is 0 Å². The van der Waals surface area contributed by atoms with Gasteiger partial charge in [-0.3, -0.25) is 9.59 Å². The molecule has 0 heterocycles. The van der Waals surface area contributed by atoms with Crippen molar-refractivity contribution in [1.82, 2.24) is 0 Å². The summed E-state index contributed by atoms with van der Waals surface area (Å²) in [5.74, 6) is -2.81. The first kappa shape index (κ1) is 15.9. The Morgan fingerprint density at radius 3 is 2.16 bits per heavy atom. The predicted molar refractivity (Wildman–Crippen MR) is 66.3 cm³/mol. The molecule has 2 atom stereocenters. The number of carbonyl (C=O) groups is 2. The van der Waals surface area contributed by atoms with Crippen molar-refractivity contribution in [3.05, 3.63) is 0 Å². The minimum atomic E-state index is -0.964. The number of ether oxygens (including phenoxy) is 1. The van der Waals surface area contributed by atoms with E-state index in [0.717, 1.165) is 12.8 Å². The third-order valence-electron chi connectivity index (χ3n) is 3.71. The van der Waals surface area contributed by atoms with Gasteiger partial charge >= 0.3 is 11.9 Å². The summed E-state index contributed by atoms with van der Waals surface area (Å²) in [5.41, 5.74) is -0.886. The molecular weight excluding hydrogens is 252 g/mol. The monoisotopic (exact) mass is 274 g/mol. The van der Waals surface area contributed by atoms with Crippen molar-refractivity contribution in [2.45, 2.75) is 32.6 Å². The largest absolute Gasteiger partial charge is 0.481 e. The first-order valence-electron chi connectivity index (χ1n) is 6.54. The molecule has 6 nitrogen and oxygen atoms in total. The summed E-state index contributed by atoms with van der Waals surface area (Å²) in [5, 5.41) is 27.3. The molecule has 0 bridgehead atoms. The van der Waals surface area contributed by atoms with Gasteiger partial charge in [-0.2, -0.15) is 0 Å². The van der Waals surface area contributed by atoms with Crippen LogP contribution in [0, 0.1) is 17.3 Å². The van der Waals surface area contributed by atoms with Crippen LogP contribution in [0.4, 0.5) is 0 Å². The Morgan fingerprint density at radius 1 is 1.16 bits per heavy atom. The summed E-state index contributed by atoms with van der Waals surface area (Å²) < 4.78 is 5.09. The van der Waals surface area contributed by atoms with Crippen molar-refractivity contribution in [3.8, 4) is 0 Å². The molecule has 0 aliphatic heterocycles. The molecule has 1 rings (SSSR count). The number of aliphatic hydroxyl groups is 2. The van der Waals surface area contributed by atoms with Gasteiger partial charge in [0.05, 0.1) is 25.0 Å². The van der Waals surface area contributed by atoms with Crippen molar-refractivity contribution in [1.29, 1.82) is 0 Å². The number of hydrogen-bond donors (Lipinski definition) is 3. The van der Waals surface area contributed by atoms with Gasteiger partial charge in [0.15, 0.2) is 0 Å². The molecule has 0 aromatic heterocycles. The fourth-order valence-electron chi connectivity index (χ4n) is 2.20. The van der Waals surface area contributed by atoms with Crippen LogP contribution in [0.1, 0.15) is 32.6 Å². The molecule has 6 heteroatoms. The van der Waals surface area contributed by atoms with Gasteiger partial charge in [-0.15, -0.1) is 0 Å². The van der Waals surface area contributed by atoms with Crippen LogP contribution in [0.3, 0.4) is 0 Å². The molecule has 0 aromatic carbocycles. The molecule has 0 saturated heterocycles. The maximum absolute atomic E-state index is 11.9. The summed E-state index contributed by atoms with van der Waals surface area (Å²) in [4.78, 5) is 23.0. The minimum Gasteiger partial charge on any atom is -0.481 e. The number of rotatable bonds is 6. The van der Waals surface area contributed by atoms with Crippen LogP contribution in [0.2, 0.25) is 0 Å². The van der Waals surface area contributed by atoms with E-state index in [1.165, 1.54) is 0 Å². The first-order valence-corrected chi connectivity index (χ1v) is 6.54. The van der Waals surface area contributed by atoms with Gasteiger partial charge in [-0.1, -0.05) is 19.8 Å². The van der Waals surface area contributed by atoms with E-state index in [1.54, 1.807) is 6.92 Å². The second kappa shape index (κ2) is 6.86. The average Bonchev–Trinajstić information content (AvgIpc) is 2.44. The van der Waals surface area contributed by atoms with Crippen LogP contribution in [-0.2, 0) is 14.3 Å². The number of aliphatic hydroxyl groups excluding tert-OH is 2. The number of esters is 1. The minimum absolute atomic E-state index is 0.109. The molecule has 0 radical (unpaired) electrons. The molecule has 1 aliphatic carbocycles. The lowest BCUT2D eigenvalue weighted by Gasteiger charge is -2.29. The van der Waals surface area contributed by atoms with Gasteiger partial charge in [0, 0.05) is 5.41 Å². The van der Waals surface area contributed by atoms with Gasteiger partial charge in [-0.25, -0.2) is 0 Å². The van der Waals surface area contributed by atoms with Gasteiger partial charge in [0.25, 0.3) is 0 Å². The summed E-state index contributed by atoms with van der Waals surface area (Å²) in [6, 6.07) is 0. The summed E-state index contributed by atoms with van der Waals surface area (Å²) in [6.07, 6.45) is 2.64. The number of carboxylic acids is 1. The molecule has 1 aliphatic rings. The van der Waals surface area contributed by atoms with E-state index in [-0.39, 0.29) is 19.8 Å². The zero-order chi connectivity index (χ0) is 14.5. The average molecular weight is 274 g/mol. The maximum Gasteiger partial charge on any atom is 0.309 e. The summed E-state index contributed by atoms with van der Waals surface area (Å²) >= 11 is 0. The lowest BCUT2D eigenvalue weighted by Crippen LogP contribution is -2.37. The molecule has 19 heavy (non-hydrogen) atoms. The van der Waals surface area contributed by atoms with Gasteiger partial charge in [0.1, 0.15) is 6.61 Å². The van der Waals surface area contributed by atoms with Crippen LogP contribution in [0.15, 0.2) is 0 Å². The highest BCUT2D eigenvalue weighted by Crippen LogP contribution is 2.31. The number of carboxylic acid groups (broad SMARTS) is 1. The van der Waals surface area contributed by atoms with Crippen molar-refractivity contribution in [2.75, 3.05) is 19.8 Å². The standard InChI is InChI=1S/C13H22O6/c1-13(6-14,7-15)8-19-12(18)10-5-3-2-4-9(10)11(16)17/h9-10,14-15H,2-8H2,1H3,(H,16,17). The van der Waals surface area contributed by atoms with E-state index in [9.17, 15) is 9.59 Å². The third kappa shape index (κ3) is 4.18. The molecule has 110 valence electrons. The number of aliphatic carboxylic acids is 1. The molecule has 0 spiro atoms. The van der Waals surface area contributed by atoms with E-state index in [4.69, 9.17) is 20.1 Å². The molecule has 3 N–H and O–H groups in total. The third-order valence-corrected chi connectivity index (χ3v) is 3.71. The van der Waals surface area contributed by atoms with Crippen molar-refractivity contribution in [2.24, 2.45) is 17.3 Å². The number of carbonyl (C=O) groups excluding carboxylic acids is 1. The molecule has 0 amide bonds. The highest BCUT2D eigenvalue weighted by Gasteiger charge is 2.37. The molecule has 2 unspecified atom stereocenters. The smallest absolute Gasteiger partial charge is 0.309 e. The van der Waals surface area contributed by atoms with Gasteiger partial charge < -0.3 is 20.1 Å². The lowest BCUT2D eigenvalue weighted by molar-refractivity contribution is -0.163. The Hall–Kier alpha value is -1.14. The maximum atomic E-state index is 11.9. The Balaban J connectivity index is 2.58. The summed E-state index contributed by atoms with van der Waals surface area (Å²) in [7, 11) is 0. The fourth-order valence-corrected chi connectivity index (χ4v) is 2.20. The fraction of sp³-hybridized carbons (Fsp3) is 0.846. The quantitative estimate of drug-likeness (QED) is 0.606. The highest BCUT2D eigenvalue weighted by molar-refractivity contribution is 5.81. The van der Waals surface area contributed by atoms with E-state index in [1.807, 2.05) is 0 Å². The Bertz CT molecular complexity index is 323. The lowest BCUT2D eigenvalue weighted by atomic mass is 9.79.